The van der Waals surface area contributed by atoms with Gasteiger partial charge in [-0.05, 0) is 24.5 Å². The molecule has 5 heteroatoms. The molecule has 2 nitrogen and oxygen atoms in total. The number of anilines is 1. The normalized spacial score (nSPS) is 13.8. The van der Waals surface area contributed by atoms with E-state index in [9.17, 15) is 13.2 Å². The zero-order chi connectivity index (χ0) is 13.1. The van der Waals surface area contributed by atoms with Crippen molar-refractivity contribution in [3.8, 4) is 0 Å². The maximum absolute atomic E-state index is 12.3. The van der Waals surface area contributed by atoms with Gasteiger partial charge in [-0.25, -0.2) is 4.98 Å². The van der Waals surface area contributed by atoms with E-state index in [1.165, 1.54) is 6.07 Å². The minimum absolute atomic E-state index is 0.222. The van der Waals surface area contributed by atoms with E-state index in [2.05, 4.69) is 24.1 Å². The molecule has 96 valence electrons. The monoisotopic (exact) mass is 246 g/mol. The Balaban J connectivity index is 2.75. The molecule has 0 saturated heterocycles. The van der Waals surface area contributed by atoms with E-state index in [1.54, 1.807) is 0 Å². The van der Waals surface area contributed by atoms with Crippen molar-refractivity contribution in [2.75, 3.05) is 5.32 Å². The molecule has 1 atom stereocenters. The smallest absolute Gasteiger partial charge is 0.367 e. The van der Waals surface area contributed by atoms with Gasteiger partial charge in [0.25, 0.3) is 0 Å². The van der Waals surface area contributed by atoms with E-state index in [-0.39, 0.29) is 6.04 Å². The van der Waals surface area contributed by atoms with Crippen molar-refractivity contribution >= 4 is 5.82 Å². The SMILES string of the molecule is CCC(Nc1ccc(C(F)(F)F)cn1)C(C)C. The summed E-state index contributed by atoms with van der Waals surface area (Å²) in [5.74, 6) is 0.891. The molecule has 0 aliphatic rings. The van der Waals surface area contributed by atoms with E-state index in [1.807, 2.05) is 6.92 Å². The number of nitrogens with zero attached hydrogens (tertiary/aromatic N) is 1. The molecule has 0 fully saturated rings. The third-order valence-electron chi connectivity index (χ3n) is 2.67. The first-order valence-corrected chi connectivity index (χ1v) is 5.64. The number of hydrogen-bond donors (Lipinski definition) is 1. The van der Waals surface area contributed by atoms with Crippen LogP contribution in [0, 0.1) is 5.92 Å². The van der Waals surface area contributed by atoms with E-state index in [0.29, 0.717) is 11.7 Å². The number of nitrogens with one attached hydrogen (secondary N) is 1. The Labute approximate surface area is 99.3 Å². The molecule has 0 aliphatic carbocycles. The molecular formula is C12H17F3N2. The van der Waals surface area contributed by atoms with Gasteiger partial charge in [-0.15, -0.1) is 0 Å². The average molecular weight is 246 g/mol. The Morgan fingerprint density at radius 2 is 1.94 bits per heavy atom. The van der Waals surface area contributed by atoms with E-state index < -0.39 is 11.7 Å². The first-order valence-electron chi connectivity index (χ1n) is 5.64. The Bertz CT molecular complexity index is 344. The van der Waals surface area contributed by atoms with Crippen LogP contribution in [0.5, 0.6) is 0 Å². The first-order chi connectivity index (χ1) is 7.84. The highest BCUT2D eigenvalue weighted by Gasteiger charge is 2.30. The third-order valence-corrected chi connectivity index (χ3v) is 2.67. The summed E-state index contributed by atoms with van der Waals surface area (Å²) in [5, 5.41) is 3.13. The van der Waals surface area contributed by atoms with Gasteiger partial charge in [-0.1, -0.05) is 20.8 Å². The Kier molecular flexibility index (Phi) is 4.37. The average Bonchev–Trinajstić information content (AvgIpc) is 2.25. The maximum atomic E-state index is 12.3. The summed E-state index contributed by atoms with van der Waals surface area (Å²) in [7, 11) is 0. The number of aromatic nitrogens is 1. The highest BCUT2D eigenvalue weighted by Crippen LogP contribution is 2.29. The number of rotatable bonds is 4. The summed E-state index contributed by atoms with van der Waals surface area (Å²) in [4.78, 5) is 3.78. The first kappa shape index (κ1) is 13.8. The van der Waals surface area contributed by atoms with Crippen molar-refractivity contribution in [1.82, 2.24) is 4.98 Å². The third kappa shape index (κ3) is 3.91. The summed E-state index contributed by atoms with van der Waals surface area (Å²) in [6.45, 7) is 6.15. The van der Waals surface area contributed by atoms with Crippen molar-refractivity contribution in [3.05, 3.63) is 23.9 Å². The summed E-state index contributed by atoms with van der Waals surface area (Å²) in [6.07, 6.45) is -2.57. The summed E-state index contributed by atoms with van der Waals surface area (Å²) in [5.41, 5.74) is -0.722. The van der Waals surface area contributed by atoms with Crippen LogP contribution >= 0.6 is 0 Å². The van der Waals surface area contributed by atoms with Crippen molar-refractivity contribution < 1.29 is 13.2 Å². The van der Waals surface area contributed by atoms with Crippen LogP contribution in [0.25, 0.3) is 0 Å². The molecule has 1 N–H and O–H groups in total. The fraction of sp³-hybridized carbons (Fsp3) is 0.583. The molecule has 0 radical (unpaired) electrons. The topological polar surface area (TPSA) is 24.9 Å². The summed E-state index contributed by atoms with van der Waals surface area (Å²) in [6, 6.07) is 2.63. The molecular weight excluding hydrogens is 229 g/mol. The quantitative estimate of drug-likeness (QED) is 0.870. The molecule has 1 heterocycles. The van der Waals surface area contributed by atoms with Crippen molar-refractivity contribution in [2.24, 2.45) is 5.92 Å². The second-order valence-electron chi connectivity index (χ2n) is 4.33. The van der Waals surface area contributed by atoms with Gasteiger partial charge in [0.15, 0.2) is 0 Å². The largest absolute Gasteiger partial charge is 0.417 e. The van der Waals surface area contributed by atoms with Crippen LogP contribution < -0.4 is 5.32 Å². The fourth-order valence-electron chi connectivity index (χ4n) is 1.58. The lowest BCUT2D eigenvalue weighted by atomic mass is 10.0. The predicted molar refractivity (Wildman–Crippen MR) is 61.8 cm³/mol. The molecule has 17 heavy (non-hydrogen) atoms. The Morgan fingerprint density at radius 3 is 2.29 bits per heavy atom. The van der Waals surface area contributed by atoms with Gasteiger partial charge in [0, 0.05) is 12.2 Å². The van der Waals surface area contributed by atoms with Crippen molar-refractivity contribution in [1.29, 1.82) is 0 Å². The van der Waals surface area contributed by atoms with Gasteiger partial charge >= 0.3 is 6.18 Å². The highest BCUT2D eigenvalue weighted by molar-refractivity contribution is 5.37. The Hall–Kier alpha value is -1.26. The van der Waals surface area contributed by atoms with Crippen molar-refractivity contribution in [2.45, 2.75) is 39.4 Å². The van der Waals surface area contributed by atoms with Gasteiger partial charge in [0.05, 0.1) is 5.56 Å². The second kappa shape index (κ2) is 5.38. The molecule has 0 saturated carbocycles. The molecule has 1 aromatic heterocycles. The molecule has 0 spiro atoms. The lowest BCUT2D eigenvalue weighted by molar-refractivity contribution is -0.137. The maximum Gasteiger partial charge on any atom is 0.417 e. The standard InChI is InChI=1S/C12H17F3N2/c1-4-10(8(2)3)17-11-6-5-9(7-16-11)12(13,14)15/h5-8,10H,4H2,1-3H3,(H,16,17). The zero-order valence-electron chi connectivity index (χ0n) is 10.2. The zero-order valence-corrected chi connectivity index (χ0v) is 10.2. The number of halogens is 3. The summed E-state index contributed by atoms with van der Waals surface area (Å²) >= 11 is 0. The van der Waals surface area contributed by atoms with Crippen LogP contribution in [0.3, 0.4) is 0 Å². The second-order valence-corrected chi connectivity index (χ2v) is 4.33. The molecule has 0 bridgehead atoms. The number of alkyl halides is 3. The number of pyridine rings is 1. The van der Waals surface area contributed by atoms with Gasteiger partial charge in [-0.2, -0.15) is 13.2 Å². The van der Waals surface area contributed by atoms with Crippen LogP contribution in [-0.4, -0.2) is 11.0 Å². The van der Waals surface area contributed by atoms with Crippen LogP contribution in [0.1, 0.15) is 32.8 Å². The molecule has 0 aliphatic heterocycles. The molecule has 1 aromatic rings. The minimum Gasteiger partial charge on any atom is -0.367 e. The van der Waals surface area contributed by atoms with E-state index in [4.69, 9.17) is 0 Å². The molecule has 0 amide bonds. The van der Waals surface area contributed by atoms with Crippen LogP contribution in [0.2, 0.25) is 0 Å². The van der Waals surface area contributed by atoms with Gasteiger partial charge in [0.1, 0.15) is 5.82 Å². The molecule has 0 aromatic carbocycles. The predicted octanol–water partition coefficient (Wildman–Crippen LogP) is 3.95. The Morgan fingerprint density at radius 1 is 1.29 bits per heavy atom. The van der Waals surface area contributed by atoms with Gasteiger partial charge in [0.2, 0.25) is 0 Å². The van der Waals surface area contributed by atoms with E-state index >= 15 is 0 Å². The molecule has 1 unspecified atom stereocenters. The van der Waals surface area contributed by atoms with Crippen LogP contribution in [0.15, 0.2) is 18.3 Å². The minimum atomic E-state index is -4.33. The highest BCUT2D eigenvalue weighted by atomic mass is 19.4. The van der Waals surface area contributed by atoms with E-state index in [0.717, 1.165) is 18.7 Å². The number of hydrogen-bond acceptors (Lipinski definition) is 2. The molecule has 1 rings (SSSR count). The fourth-order valence-corrected chi connectivity index (χ4v) is 1.58. The summed E-state index contributed by atoms with van der Waals surface area (Å²) < 4.78 is 36.9. The van der Waals surface area contributed by atoms with Crippen molar-refractivity contribution in [3.63, 3.8) is 0 Å². The van der Waals surface area contributed by atoms with Crippen LogP contribution in [0.4, 0.5) is 19.0 Å². The lowest BCUT2D eigenvalue weighted by Crippen LogP contribution is -2.25. The van der Waals surface area contributed by atoms with Crippen LogP contribution in [-0.2, 0) is 6.18 Å². The lowest BCUT2D eigenvalue weighted by Gasteiger charge is -2.21. The van der Waals surface area contributed by atoms with Gasteiger partial charge < -0.3 is 5.32 Å². The van der Waals surface area contributed by atoms with Gasteiger partial charge in [-0.3, -0.25) is 0 Å².